The number of carbonyl (C=O) groups is 2. The molecule has 2 unspecified atom stereocenters. The van der Waals surface area contributed by atoms with Gasteiger partial charge < -0.3 is 18.6 Å². The summed E-state index contributed by atoms with van der Waals surface area (Å²) < 4.78 is 23.7. The molecular formula is C22H39IO6Si. The van der Waals surface area contributed by atoms with Crippen LogP contribution in [0.2, 0.25) is 18.1 Å². The highest BCUT2D eigenvalue weighted by Gasteiger charge is 2.52. The summed E-state index contributed by atoms with van der Waals surface area (Å²) in [5, 5.41) is 0.142. The van der Waals surface area contributed by atoms with Crippen molar-refractivity contribution in [2.45, 2.75) is 100 Å². The Morgan fingerprint density at radius 3 is 2.47 bits per heavy atom. The fraction of sp³-hybridized carbons (Fsp3) is 0.909. The number of ether oxygens (including phenoxy) is 3. The Balaban J connectivity index is 1.99. The normalized spacial score (nSPS) is 30.1. The highest BCUT2D eigenvalue weighted by Crippen LogP contribution is 2.47. The molecule has 0 aromatic heterocycles. The third kappa shape index (κ3) is 6.65. The Kier molecular flexibility index (Phi) is 9.22. The summed E-state index contributed by atoms with van der Waals surface area (Å²) in [6, 6.07) is 0. The summed E-state index contributed by atoms with van der Waals surface area (Å²) in [4.78, 5) is 23.0. The predicted molar refractivity (Wildman–Crippen MR) is 127 cm³/mol. The first-order chi connectivity index (χ1) is 13.9. The first-order valence-corrected chi connectivity index (χ1v) is 15.2. The van der Waals surface area contributed by atoms with Gasteiger partial charge in [-0.25, -0.2) is 0 Å². The third-order valence-electron chi connectivity index (χ3n) is 7.08. The molecule has 0 spiro atoms. The Bertz CT molecular complexity index is 605. The largest absolute Gasteiger partial charge is 0.469 e. The summed E-state index contributed by atoms with van der Waals surface area (Å²) >= 11 is 2.45. The van der Waals surface area contributed by atoms with E-state index in [2.05, 4.69) is 56.5 Å². The molecule has 0 aromatic carbocycles. The van der Waals surface area contributed by atoms with Crippen LogP contribution in [0.25, 0.3) is 0 Å². The number of hydrogen-bond acceptors (Lipinski definition) is 6. The summed E-state index contributed by atoms with van der Waals surface area (Å²) in [6.07, 6.45) is 4.05. The van der Waals surface area contributed by atoms with E-state index >= 15 is 0 Å². The molecule has 2 rings (SSSR count). The van der Waals surface area contributed by atoms with Gasteiger partial charge in [0.25, 0.3) is 0 Å². The van der Waals surface area contributed by atoms with Crippen LogP contribution in [0.5, 0.6) is 0 Å². The fourth-order valence-corrected chi connectivity index (χ4v) is 6.17. The number of halogens is 1. The molecule has 6 atom stereocenters. The van der Waals surface area contributed by atoms with Gasteiger partial charge in [-0.1, -0.05) is 43.4 Å². The molecule has 0 radical (unpaired) electrons. The molecule has 2 fully saturated rings. The minimum absolute atomic E-state index is 0.116. The fourth-order valence-electron chi connectivity index (χ4n) is 4.22. The van der Waals surface area contributed by atoms with Crippen LogP contribution >= 0.6 is 22.6 Å². The van der Waals surface area contributed by atoms with Crippen LogP contribution in [0.15, 0.2) is 0 Å². The van der Waals surface area contributed by atoms with Crippen molar-refractivity contribution in [1.29, 1.82) is 0 Å². The van der Waals surface area contributed by atoms with Gasteiger partial charge in [0.1, 0.15) is 6.10 Å². The minimum Gasteiger partial charge on any atom is -0.469 e. The summed E-state index contributed by atoms with van der Waals surface area (Å²) in [6.45, 7) is 13.3. The van der Waals surface area contributed by atoms with Crippen molar-refractivity contribution >= 4 is 42.8 Å². The van der Waals surface area contributed by atoms with Crippen molar-refractivity contribution in [1.82, 2.24) is 0 Å². The first kappa shape index (κ1) is 26.1. The average molecular weight is 555 g/mol. The molecule has 0 amide bonds. The van der Waals surface area contributed by atoms with E-state index in [9.17, 15) is 9.59 Å². The second kappa shape index (κ2) is 10.6. The lowest BCUT2D eigenvalue weighted by Crippen LogP contribution is -2.43. The van der Waals surface area contributed by atoms with Crippen LogP contribution in [0.3, 0.4) is 0 Å². The van der Waals surface area contributed by atoms with Crippen molar-refractivity contribution in [3.05, 3.63) is 0 Å². The second-order valence-corrected chi connectivity index (χ2v) is 16.6. The van der Waals surface area contributed by atoms with E-state index in [-0.39, 0.29) is 41.2 Å². The summed E-state index contributed by atoms with van der Waals surface area (Å²) in [5.41, 5.74) is 0. The number of rotatable bonds is 9. The number of alkyl halides is 1. The Morgan fingerprint density at radius 1 is 1.23 bits per heavy atom. The van der Waals surface area contributed by atoms with Crippen LogP contribution in [-0.2, 0) is 28.2 Å². The molecule has 2 aliphatic rings. The van der Waals surface area contributed by atoms with E-state index in [0.717, 1.165) is 25.7 Å². The summed E-state index contributed by atoms with van der Waals surface area (Å²) in [7, 11) is -0.456. The van der Waals surface area contributed by atoms with Gasteiger partial charge in [0.05, 0.1) is 19.3 Å². The maximum Gasteiger partial charge on any atom is 0.305 e. The van der Waals surface area contributed by atoms with Gasteiger partial charge in [-0.2, -0.15) is 0 Å². The molecule has 1 aliphatic heterocycles. The van der Waals surface area contributed by atoms with E-state index in [4.69, 9.17) is 18.6 Å². The number of carbonyl (C=O) groups excluding carboxylic acids is 2. The van der Waals surface area contributed by atoms with Gasteiger partial charge >= 0.3 is 11.9 Å². The van der Waals surface area contributed by atoms with Crippen LogP contribution in [0, 0.1) is 11.8 Å². The third-order valence-corrected chi connectivity index (χ3v) is 13.0. The first-order valence-electron chi connectivity index (χ1n) is 11.0. The lowest BCUT2D eigenvalue weighted by Gasteiger charge is -2.38. The Hall–Kier alpha value is -0.193. The smallest absolute Gasteiger partial charge is 0.305 e. The van der Waals surface area contributed by atoms with Crippen molar-refractivity contribution in [3.63, 3.8) is 0 Å². The van der Waals surface area contributed by atoms with Crippen LogP contribution in [0.4, 0.5) is 0 Å². The zero-order valence-corrected chi connectivity index (χ0v) is 22.7. The lowest BCUT2D eigenvalue weighted by molar-refractivity contribution is -0.149. The molecule has 30 heavy (non-hydrogen) atoms. The maximum absolute atomic E-state index is 11.7. The van der Waals surface area contributed by atoms with Gasteiger partial charge in [0.15, 0.2) is 8.32 Å². The zero-order chi connectivity index (χ0) is 22.7. The van der Waals surface area contributed by atoms with E-state index in [0.29, 0.717) is 22.9 Å². The molecule has 0 aromatic rings. The average Bonchev–Trinajstić information content (AvgIpc) is 3.16. The number of fused-ring (bicyclic) bond motifs is 1. The van der Waals surface area contributed by atoms with Crippen molar-refractivity contribution in [2.75, 3.05) is 13.7 Å². The SMILES string of the molecule is COC(=O)CCCC(I)C1C[C@@H]2[C@@H](CO[Si](C)(C)C(C)(C)C)[C@H](OC(C)=O)C[C@@H]2O1. The highest BCUT2D eigenvalue weighted by molar-refractivity contribution is 14.1. The molecule has 1 aliphatic carbocycles. The maximum atomic E-state index is 11.7. The predicted octanol–water partition coefficient (Wildman–Crippen LogP) is 4.88. The quantitative estimate of drug-likeness (QED) is 0.175. The molecule has 6 nitrogen and oxygen atoms in total. The van der Waals surface area contributed by atoms with Crippen molar-refractivity contribution in [3.8, 4) is 0 Å². The molecule has 1 heterocycles. The van der Waals surface area contributed by atoms with Gasteiger partial charge in [-0.05, 0) is 43.3 Å². The van der Waals surface area contributed by atoms with Crippen LogP contribution in [-0.4, -0.2) is 56.2 Å². The zero-order valence-electron chi connectivity index (χ0n) is 19.5. The second-order valence-electron chi connectivity index (χ2n) is 10.2. The highest BCUT2D eigenvalue weighted by atomic mass is 127. The molecule has 0 bridgehead atoms. The van der Waals surface area contributed by atoms with Gasteiger partial charge in [-0.3, -0.25) is 9.59 Å². The standard InChI is InChI=1S/C22H39IO6Si/c1-14(24)28-19-12-18-15(16(19)13-27-30(6,7)22(2,3)4)11-20(29-18)17(23)9-8-10-21(25)26-5/h15-20H,8-13H2,1-7H3/t15-,16-,17?,18+,19-,20?/m1/s1. The topological polar surface area (TPSA) is 71.1 Å². The Labute approximate surface area is 196 Å². The van der Waals surface area contributed by atoms with E-state index in [1.165, 1.54) is 14.0 Å². The van der Waals surface area contributed by atoms with Crippen LogP contribution in [0.1, 0.15) is 59.8 Å². The monoisotopic (exact) mass is 554 g/mol. The molecule has 174 valence electrons. The number of hydrogen-bond donors (Lipinski definition) is 0. The minimum atomic E-state index is -1.88. The molecule has 1 saturated heterocycles. The lowest BCUT2D eigenvalue weighted by atomic mass is 9.90. The number of methoxy groups -OCH3 is 1. The van der Waals surface area contributed by atoms with Crippen molar-refractivity contribution in [2.24, 2.45) is 11.8 Å². The van der Waals surface area contributed by atoms with E-state index in [1.54, 1.807) is 0 Å². The number of esters is 2. The van der Waals surface area contributed by atoms with E-state index < -0.39 is 8.32 Å². The summed E-state index contributed by atoms with van der Waals surface area (Å²) in [5.74, 6) is 0.136. The molecule has 8 heteroatoms. The van der Waals surface area contributed by atoms with Crippen molar-refractivity contribution < 1.29 is 28.2 Å². The molecule has 1 saturated carbocycles. The van der Waals surface area contributed by atoms with Gasteiger partial charge in [0.2, 0.25) is 0 Å². The van der Waals surface area contributed by atoms with Gasteiger partial charge in [0, 0.05) is 36.2 Å². The van der Waals surface area contributed by atoms with E-state index in [1.807, 2.05) is 0 Å². The molecular weight excluding hydrogens is 515 g/mol. The van der Waals surface area contributed by atoms with Gasteiger partial charge in [-0.15, -0.1) is 0 Å². The Morgan fingerprint density at radius 2 is 1.90 bits per heavy atom. The molecule has 0 N–H and O–H groups in total. The van der Waals surface area contributed by atoms with Crippen LogP contribution < -0.4 is 0 Å².